The normalized spacial score (nSPS) is 10.8. The highest BCUT2D eigenvalue weighted by atomic mass is 79.9. The van der Waals surface area contributed by atoms with E-state index in [0.29, 0.717) is 10.5 Å². The molecule has 0 saturated carbocycles. The van der Waals surface area contributed by atoms with Crippen molar-refractivity contribution < 1.29 is 9.59 Å². The molecule has 0 atom stereocenters. The van der Waals surface area contributed by atoms with Crippen molar-refractivity contribution in [1.29, 1.82) is 0 Å². The molecular formula is C19H14BrN5O2S. The maximum absolute atomic E-state index is 12.4. The van der Waals surface area contributed by atoms with Crippen LogP contribution < -0.4 is 10.6 Å². The fraction of sp³-hybridized carbons (Fsp3) is 0.0526. The lowest BCUT2D eigenvalue weighted by Crippen LogP contribution is -2.13. The van der Waals surface area contributed by atoms with E-state index in [4.69, 9.17) is 0 Å². The predicted molar refractivity (Wildman–Crippen MR) is 113 cm³/mol. The van der Waals surface area contributed by atoms with E-state index in [1.165, 1.54) is 18.3 Å². The summed E-state index contributed by atoms with van der Waals surface area (Å²) in [6.07, 6.45) is 0. The quantitative estimate of drug-likeness (QED) is 0.476. The summed E-state index contributed by atoms with van der Waals surface area (Å²) in [5, 5.41) is 11.8. The van der Waals surface area contributed by atoms with Gasteiger partial charge in [-0.25, -0.2) is 4.52 Å². The Hall–Kier alpha value is -3.04. The number of hydrogen-bond acceptors (Lipinski definition) is 5. The lowest BCUT2D eigenvalue weighted by atomic mass is 10.1. The van der Waals surface area contributed by atoms with Crippen LogP contribution in [0.25, 0.3) is 16.2 Å². The lowest BCUT2D eigenvalue weighted by Gasteiger charge is -2.04. The number of amides is 2. The number of benzene rings is 2. The summed E-state index contributed by atoms with van der Waals surface area (Å²) in [5.41, 5.74) is 3.02. The molecule has 2 aromatic carbocycles. The smallest absolute Gasteiger partial charge is 0.258 e. The molecule has 0 aliphatic carbocycles. The molecule has 0 saturated heterocycles. The van der Waals surface area contributed by atoms with Crippen molar-refractivity contribution in [3.63, 3.8) is 0 Å². The molecular weight excluding hydrogens is 442 g/mol. The molecule has 0 aliphatic heterocycles. The molecule has 2 heterocycles. The Balaban J connectivity index is 1.58. The highest BCUT2D eigenvalue weighted by Gasteiger charge is 2.14. The van der Waals surface area contributed by atoms with Crippen LogP contribution in [-0.4, -0.2) is 26.4 Å². The molecule has 0 aliphatic rings. The van der Waals surface area contributed by atoms with Gasteiger partial charge in [0.15, 0.2) is 0 Å². The first-order chi connectivity index (χ1) is 13.5. The average Bonchev–Trinajstić information content (AvgIpc) is 3.22. The Morgan fingerprint density at radius 2 is 1.89 bits per heavy atom. The molecule has 0 unspecified atom stereocenters. The van der Waals surface area contributed by atoms with Crippen molar-refractivity contribution in [2.24, 2.45) is 0 Å². The Morgan fingerprint density at radius 3 is 2.61 bits per heavy atom. The summed E-state index contributed by atoms with van der Waals surface area (Å²) in [5.74, 6) is -0.151. The van der Waals surface area contributed by atoms with E-state index in [2.05, 4.69) is 36.6 Å². The van der Waals surface area contributed by atoms with Gasteiger partial charge in [0.2, 0.25) is 10.9 Å². The number of hydrogen-bond donors (Lipinski definition) is 2. The highest BCUT2D eigenvalue weighted by molar-refractivity contribution is 9.10. The monoisotopic (exact) mass is 455 g/mol. The van der Waals surface area contributed by atoms with Gasteiger partial charge < -0.3 is 5.32 Å². The van der Waals surface area contributed by atoms with E-state index in [1.807, 2.05) is 35.7 Å². The number of nitrogens with zero attached hydrogens (tertiary/aromatic N) is 3. The molecule has 0 spiro atoms. The SMILES string of the molecule is CC(=O)Nc1ccc(-c2csc3nc(NC(=O)c4cccc(Br)c4)nn23)cc1. The molecule has 2 amide bonds. The molecule has 7 nitrogen and oxygen atoms in total. The van der Waals surface area contributed by atoms with Gasteiger partial charge in [-0.2, -0.15) is 4.98 Å². The largest absolute Gasteiger partial charge is 0.326 e. The van der Waals surface area contributed by atoms with Crippen LogP contribution in [0.3, 0.4) is 0 Å². The molecule has 0 radical (unpaired) electrons. The minimum absolute atomic E-state index is 0.118. The first-order valence-corrected chi connectivity index (χ1v) is 9.96. The average molecular weight is 456 g/mol. The standard InChI is InChI=1S/C19H14BrN5O2S/c1-11(26)21-15-7-5-12(6-8-15)16-10-28-19-23-18(24-25(16)19)22-17(27)13-3-2-4-14(20)9-13/h2-10H,1H3,(H,21,26)(H,22,24,27). The number of rotatable bonds is 4. The van der Waals surface area contributed by atoms with Crippen molar-refractivity contribution in [1.82, 2.24) is 14.6 Å². The summed E-state index contributed by atoms with van der Waals surface area (Å²) in [6.45, 7) is 1.47. The molecule has 0 fully saturated rings. The molecule has 0 bridgehead atoms. The minimum Gasteiger partial charge on any atom is -0.326 e. The molecule has 4 aromatic rings. The Kier molecular flexibility index (Phi) is 4.93. The molecule has 4 rings (SSSR count). The fourth-order valence-electron chi connectivity index (χ4n) is 2.66. The zero-order chi connectivity index (χ0) is 19.7. The van der Waals surface area contributed by atoms with Gasteiger partial charge in [0.25, 0.3) is 11.9 Å². The van der Waals surface area contributed by atoms with Crippen LogP contribution in [0.2, 0.25) is 0 Å². The number of halogens is 1. The lowest BCUT2D eigenvalue weighted by molar-refractivity contribution is -0.114. The third-order valence-electron chi connectivity index (χ3n) is 3.89. The van der Waals surface area contributed by atoms with Gasteiger partial charge in [0.1, 0.15) is 0 Å². The van der Waals surface area contributed by atoms with Gasteiger partial charge in [-0.1, -0.05) is 34.1 Å². The third kappa shape index (κ3) is 3.80. The molecule has 140 valence electrons. The molecule has 28 heavy (non-hydrogen) atoms. The van der Waals surface area contributed by atoms with E-state index in [9.17, 15) is 9.59 Å². The first-order valence-electron chi connectivity index (χ1n) is 8.29. The summed E-state index contributed by atoms with van der Waals surface area (Å²) >= 11 is 4.79. The van der Waals surface area contributed by atoms with Gasteiger partial charge in [-0.3, -0.25) is 14.9 Å². The predicted octanol–water partition coefficient (Wildman–Crippen LogP) is 4.43. The van der Waals surface area contributed by atoms with Crippen LogP contribution in [0.4, 0.5) is 11.6 Å². The summed E-state index contributed by atoms with van der Waals surface area (Å²) in [7, 11) is 0. The Labute approximate surface area is 172 Å². The van der Waals surface area contributed by atoms with E-state index in [-0.39, 0.29) is 17.8 Å². The molecule has 9 heteroatoms. The second kappa shape index (κ2) is 7.53. The van der Waals surface area contributed by atoms with Crippen LogP contribution in [0, 0.1) is 0 Å². The highest BCUT2D eigenvalue weighted by Crippen LogP contribution is 2.27. The number of anilines is 2. The van der Waals surface area contributed by atoms with Crippen molar-refractivity contribution in [2.45, 2.75) is 6.92 Å². The number of aromatic nitrogens is 3. The van der Waals surface area contributed by atoms with Crippen molar-refractivity contribution in [3.8, 4) is 11.3 Å². The van der Waals surface area contributed by atoms with E-state index < -0.39 is 0 Å². The van der Waals surface area contributed by atoms with Gasteiger partial charge >= 0.3 is 0 Å². The Bertz CT molecular complexity index is 1180. The van der Waals surface area contributed by atoms with Crippen molar-refractivity contribution in [2.75, 3.05) is 10.6 Å². The number of fused-ring (bicyclic) bond motifs is 1. The third-order valence-corrected chi connectivity index (χ3v) is 5.20. The van der Waals surface area contributed by atoms with Gasteiger partial charge in [-0.15, -0.1) is 16.4 Å². The molecule has 2 aromatic heterocycles. The van der Waals surface area contributed by atoms with Gasteiger partial charge in [0, 0.05) is 33.6 Å². The summed E-state index contributed by atoms with van der Waals surface area (Å²) in [4.78, 5) is 28.6. The number of nitrogens with one attached hydrogen (secondary N) is 2. The number of thiazole rings is 1. The second-order valence-corrected chi connectivity index (χ2v) is 7.73. The van der Waals surface area contributed by atoms with Gasteiger partial charge in [-0.05, 0) is 30.3 Å². The van der Waals surface area contributed by atoms with E-state index >= 15 is 0 Å². The van der Waals surface area contributed by atoms with E-state index in [1.54, 1.807) is 22.7 Å². The maximum atomic E-state index is 12.4. The topological polar surface area (TPSA) is 88.4 Å². The number of carbonyl (C=O) groups excluding carboxylic acids is 2. The van der Waals surface area contributed by atoms with Crippen LogP contribution in [0.1, 0.15) is 17.3 Å². The van der Waals surface area contributed by atoms with Crippen LogP contribution in [-0.2, 0) is 4.79 Å². The number of carbonyl (C=O) groups is 2. The van der Waals surface area contributed by atoms with Crippen LogP contribution in [0.5, 0.6) is 0 Å². The van der Waals surface area contributed by atoms with Crippen molar-refractivity contribution >= 4 is 55.7 Å². The van der Waals surface area contributed by atoms with Crippen LogP contribution in [0.15, 0.2) is 58.4 Å². The molecule has 2 N–H and O–H groups in total. The fourth-order valence-corrected chi connectivity index (χ4v) is 3.89. The first kappa shape index (κ1) is 18.3. The van der Waals surface area contributed by atoms with Gasteiger partial charge in [0.05, 0.1) is 5.69 Å². The maximum Gasteiger partial charge on any atom is 0.258 e. The summed E-state index contributed by atoms with van der Waals surface area (Å²) < 4.78 is 2.51. The minimum atomic E-state index is -0.277. The second-order valence-electron chi connectivity index (χ2n) is 5.97. The van der Waals surface area contributed by atoms with Crippen molar-refractivity contribution in [3.05, 3.63) is 63.9 Å². The summed E-state index contributed by atoms with van der Waals surface area (Å²) in [6, 6.07) is 14.5. The zero-order valence-electron chi connectivity index (χ0n) is 14.6. The Morgan fingerprint density at radius 1 is 1.11 bits per heavy atom. The van der Waals surface area contributed by atoms with E-state index in [0.717, 1.165) is 21.4 Å². The van der Waals surface area contributed by atoms with Crippen LogP contribution >= 0.6 is 27.3 Å². The zero-order valence-corrected chi connectivity index (χ0v) is 17.0.